The minimum atomic E-state index is 0.149. The first-order valence-electron chi connectivity index (χ1n) is 6.23. The number of aromatic nitrogens is 2. The second-order valence-corrected chi connectivity index (χ2v) is 5.35. The van der Waals surface area contributed by atoms with Gasteiger partial charge in [-0.15, -0.1) is 0 Å². The minimum Gasteiger partial charge on any atom is -0.360 e. The third-order valence-electron chi connectivity index (χ3n) is 3.84. The van der Waals surface area contributed by atoms with E-state index in [1.807, 2.05) is 0 Å². The van der Waals surface area contributed by atoms with E-state index in [0.717, 1.165) is 25.9 Å². The van der Waals surface area contributed by atoms with Gasteiger partial charge in [-0.3, -0.25) is 0 Å². The van der Waals surface area contributed by atoms with Crippen molar-refractivity contribution in [1.82, 2.24) is 9.78 Å². The Morgan fingerprint density at radius 2 is 2.25 bits per heavy atom. The molecule has 88 valence electrons. The Labute approximate surface area is 96.4 Å². The van der Waals surface area contributed by atoms with Crippen LogP contribution in [0.3, 0.4) is 0 Å². The highest BCUT2D eigenvalue weighted by Crippen LogP contribution is 2.36. The highest BCUT2D eigenvalue weighted by Gasteiger charge is 2.37. The summed E-state index contributed by atoms with van der Waals surface area (Å²) in [6.45, 7) is 2.21. The fraction of sp³-hybridized carbons (Fsp3) is 0.750. The molecule has 2 heterocycles. The van der Waals surface area contributed by atoms with Crippen molar-refractivity contribution in [1.29, 1.82) is 0 Å². The van der Waals surface area contributed by atoms with Crippen LogP contribution in [0.1, 0.15) is 31.4 Å². The van der Waals surface area contributed by atoms with Gasteiger partial charge in [0, 0.05) is 31.7 Å². The first kappa shape index (κ1) is 10.1. The predicted molar refractivity (Wildman–Crippen MR) is 64.6 cm³/mol. The Balaban J connectivity index is 1.71. The molecule has 0 spiro atoms. The van der Waals surface area contributed by atoms with Crippen molar-refractivity contribution >= 4 is 5.82 Å². The second-order valence-electron chi connectivity index (χ2n) is 5.35. The molecule has 1 aromatic heterocycles. The van der Waals surface area contributed by atoms with Gasteiger partial charge < -0.3 is 10.6 Å². The molecule has 1 aliphatic carbocycles. The van der Waals surface area contributed by atoms with E-state index in [0.29, 0.717) is 0 Å². The molecule has 1 saturated carbocycles. The zero-order valence-corrected chi connectivity index (χ0v) is 9.95. The summed E-state index contributed by atoms with van der Waals surface area (Å²) in [5, 5.41) is 4.65. The Kier molecular flexibility index (Phi) is 2.21. The van der Waals surface area contributed by atoms with Crippen LogP contribution in [-0.4, -0.2) is 28.9 Å². The number of hydrogen-bond donors (Lipinski definition) is 1. The van der Waals surface area contributed by atoms with Crippen LogP contribution < -0.4 is 10.6 Å². The maximum atomic E-state index is 6.10. The molecule has 2 aliphatic rings. The smallest absolute Gasteiger partial charge is 0.126 e. The second kappa shape index (κ2) is 3.48. The van der Waals surface area contributed by atoms with Gasteiger partial charge in [0.25, 0.3) is 0 Å². The van der Waals surface area contributed by atoms with Crippen molar-refractivity contribution in [3.8, 4) is 0 Å². The third kappa shape index (κ3) is 1.82. The highest BCUT2D eigenvalue weighted by atomic mass is 15.4. The Bertz CT molecular complexity index is 392. The van der Waals surface area contributed by atoms with E-state index in [9.17, 15) is 0 Å². The standard InChI is InChI=1S/C12H20N4/c1-15-7-2-8-16-11(15)9-10(14-16)3-4-12(13)5-6-12/h9H,2-8,13H2,1H3. The quantitative estimate of drug-likeness (QED) is 0.831. The maximum Gasteiger partial charge on any atom is 0.126 e. The number of hydrogen-bond acceptors (Lipinski definition) is 3. The molecule has 0 radical (unpaired) electrons. The van der Waals surface area contributed by atoms with Gasteiger partial charge in [-0.25, -0.2) is 4.68 Å². The molecule has 2 N–H and O–H groups in total. The van der Waals surface area contributed by atoms with Crippen LogP contribution in [0.2, 0.25) is 0 Å². The van der Waals surface area contributed by atoms with E-state index < -0.39 is 0 Å². The van der Waals surface area contributed by atoms with E-state index in [4.69, 9.17) is 5.73 Å². The number of nitrogens with two attached hydrogens (primary N) is 1. The van der Waals surface area contributed by atoms with E-state index in [2.05, 4.69) is 27.8 Å². The number of nitrogens with zero attached hydrogens (tertiary/aromatic N) is 3. The summed E-state index contributed by atoms with van der Waals surface area (Å²) < 4.78 is 2.13. The summed E-state index contributed by atoms with van der Waals surface area (Å²) in [6, 6.07) is 2.23. The van der Waals surface area contributed by atoms with Crippen LogP contribution in [0.15, 0.2) is 6.07 Å². The topological polar surface area (TPSA) is 47.1 Å². The largest absolute Gasteiger partial charge is 0.360 e. The molecule has 1 aliphatic heterocycles. The number of aryl methyl sites for hydroxylation is 2. The zero-order chi connectivity index (χ0) is 11.2. The monoisotopic (exact) mass is 220 g/mol. The van der Waals surface area contributed by atoms with Gasteiger partial charge in [-0.1, -0.05) is 0 Å². The lowest BCUT2D eigenvalue weighted by Gasteiger charge is -2.24. The van der Waals surface area contributed by atoms with E-state index in [-0.39, 0.29) is 5.54 Å². The van der Waals surface area contributed by atoms with Crippen molar-refractivity contribution in [2.75, 3.05) is 18.5 Å². The van der Waals surface area contributed by atoms with Gasteiger partial charge in [0.1, 0.15) is 5.82 Å². The van der Waals surface area contributed by atoms with Crippen molar-refractivity contribution in [2.45, 2.75) is 44.2 Å². The van der Waals surface area contributed by atoms with Crippen LogP contribution in [0.5, 0.6) is 0 Å². The first-order valence-corrected chi connectivity index (χ1v) is 6.23. The van der Waals surface area contributed by atoms with Crippen LogP contribution >= 0.6 is 0 Å². The molecular formula is C12H20N4. The maximum absolute atomic E-state index is 6.10. The fourth-order valence-corrected chi connectivity index (χ4v) is 2.41. The SMILES string of the molecule is CN1CCCn2nc(CCC3(N)CC3)cc21. The Morgan fingerprint density at radius 1 is 1.44 bits per heavy atom. The molecule has 0 aromatic carbocycles. The summed E-state index contributed by atoms with van der Waals surface area (Å²) in [5.41, 5.74) is 7.46. The van der Waals surface area contributed by atoms with Crippen LogP contribution in [0.4, 0.5) is 5.82 Å². The lowest BCUT2D eigenvalue weighted by molar-refractivity contribution is 0.524. The first-order chi connectivity index (χ1) is 7.66. The van der Waals surface area contributed by atoms with E-state index in [1.54, 1.807) is 0 Å². The average molecular weight is 220 g/mol. The van der Waals surface area contributed by atoms with Crippen molar-refractivity contribution in [3.63, 3.8) is 0 Å². The highest BCUT2D eigenvalue weighted by molar-refractivity contribution is 5.41. The van der Waals surface area contributed by atoms with Crippen LogP contribution in [0, 0.1) is 0 Å². The molecule has 1 fully saturated rings. The van der Waals surface area contributed by atoms with Crippen LogP contribution in [0.25, 0.3) is 0 Å². The Hall–Kier alpha value is -1.03. The average Bonchev–Trinajstić information content (AvgIpc) is 2.84. The number of rotatable bonds is 3. The molecule has 4 heteroatoms. The van der Waals surface area contributed by atoms with Gasteiger partial charge in [0.2, 0.25) is 0 Å². The molecule has 3 rings (SSSR count). The summed E-state index contributed by atoms with van der Waals surface area (Å²) in [6.07, 6.45) is 5.71. The lowest BCUT2D eigenvalue weighted by atomic mass is 10.1. The summed E-state index contributed by atoms with van der Waals surface area (Å²) in [7, 11) is 2.14. The summed E-state index contributed by atoms with van der Waals surface area (Å²) in [5.74, 6) is 1.27. The molecule has 16 heavy (non-hydrogen) atoms. The molecule has 0 atom stereocenters. The molecule has 4 nitrogen and oxygen atoms in total. The summed E-state index contributed by atoms with van der Waals surface area (Å²) >= 11 is 0. The fourth-order valence-electron chi connectivity index (χ4n) is 2.41. The lowest BCUT2D eigenvalue weighted by Crippen LogP contribution is -2.28. The van der Waals surface area contributed by atoms with Crippen molar-refractivity contribution < 1.29 is 0 Å². The van der Waals surface area contributed by atoms with Crippen molar-refractivity contribution in [3.05, 3.63) is 11.8 Å². The Morgan fingerprint density at radius 3 is 2.94 bits per heavy atom. The van der Waals surface area contributed by atoms with Crippen molar-refractivity contribution in [2.24, 2.45) is 5.73 Å². The van der Waals surface area contributed by atoms with Gasteiger partial charge >= 0.3 is 0 Å². The predicted octanol–water partition coefficient (Wildman–Crippen LogP) is 1.15. The van der Waals surface area contributed by atoms with Gasteiger partial charge in [0.15, 0.2) is 0 Å². The summed E-state index contributed by atoms with van der Waals surface area (Å²) in [4.78, 5) is 2.29. The number of anilines is 1. The zero-order valence-electron chi connectivity index (χ0n) is 9.95. The molecule has 1 aromatic rings. The molecule has 0 saturated heterocycles. The minimum absolute atomic E-state index is 0.149. The molecule has 0 bridgehead atoms. The molecule has 0 unspecified atom stereocenters. The number of fused-ring (bicyclic) bond motifs is 1. The van der Waals surface area contributed by atoms with E-state index >= 15 is 0 Å². The van der Waals surface area contributed by atoms with Gasteiger partial charge in [0.05, 0.1) is 5.69 Å². The molecule has 0 amide bonds. The third-order valence-corrected chi connectivity index (χ3v) is 3.84. The van der Waals surface area contributed by atoms with E-state index in [1.165, 1.54) is 30.8 Å². The van der Waals surface area contributed by atoms with Crippen LogP contribution in [-0.2, 0) is 13.0 Å². The normalized spacial score (nSPS) is 22.0. The van der Waals surface area contributed by atoms with Gasteiger partial charge in [-0.05, 0) is 32.1 Å². The molecular weight excluding hydrogens is 200 g/mol. The van der Waals surface area contributed by atoms with Gasteiger partial charge in [-0.2, -0.15) is 5.10 Å².